The normalized spacial score (nSPS) is 10.7. The predicted molar refractivity (Wildman–Crippen MR) is 173 cm³/mol. The van der Waals surface area contributed by atoms with Gasteiger partial charge in [0, 0.05) is 35.8 Å². The maximum absolute atomic E-state index is 11.7. The van der Waals surface area contributed by atoms with Crippen molar-refractivity contribution in [2.24, 2.45) is 0 Å². The summed E-state index contributed by atoms with van der Waals surface area (Å²) in [6, 6.07) is 19.1. The molecule has 0 saturated carbocycles. The van der Waals surface area contributed by atoms with E-state index < -0.39 is 0 Å². The van der Waals surface area contributed by atoms with Crippen molar-refractivity contribution >= 4 is 35.5 Å². The van der Waals surface area contributed by atoms with Gasteiger partial charge in [0.25, 0.3) is 0 Å². The minimum Gasteiger partial charge on any atom is -0.488 e. The molecular formula is C35H28ClN3O5S. The summed E-state index contributed by atoms with van der Waals surface area (Å²) in [5, 5.41) is 10.3. The van der Waals surface area contributed by atoms with Crippen LogP contribution in [0.2, 0.25) is 5.02 Å². The second kappa shape index (κ2) is 14.7. The van der Waals surface area contributed by atoms with Gasteiger partial charge >= 0.3 is 0 Å². The monoisotopic (exact) mass is 637 g/mol. The summed E-state index contributed by atoms with van der Waals surface area (Å²) in [7, 11) is 0. The summed E-state index contributed by atoms with van der Waals surface area (Å²) in [6.07, 6.45) is 6.26. The van der Waals surface area contributed by atoms with Crippen LogP contribution in [-0.4, -0.2) is 29.1 Å². The Morgan fingerprint density at radius 1 is 0.889 bits per heavy atom. The van der Waals surface area contributed by atoms with E-state index in [2.05, 4.69) is 48.1 Å². The zero-order chi connectivity index (χ0) is 31.8. The number of benzene rings is 3. The Labute approximate surface area is 269 Å². The van der Waals surface area contributed by atoms with E-state index in [9.17, 15) is 9.59 Å². The summed E-state index contributed by atoms with van der Waals surface area (Å²) >= 11 is 8.03. The van der Waals surface area contributed by atoms with Gasteiger partial charge in [-0.2, -0.15) is 5.26 Å². The summed E-state index contributed by atoms with van der Waals surface area (Å²) < 4.78 is 17.4. The largest absolute Gasteiger partial charge is 0.488 e. The van der Waals surface area contributed by atoms with E-state index in [4.69, 9.17) is 31.1 Å². The maximum atomic E-state index is 11.7. The molecule has 5 aromatic rings. The van der Waals surface area contributed by atoms with Gasteiger partial charge in [-0.3, -0.25) is 9.78 Å². The number of halogens is 1. The van der Waals surface area contributed by atoms with E-state index in [1.807, 2.05) is 18.2 Å². The number of thiazole rings is 1. The van der Waals surface area contributed by atoms with Crippen LogP contribution >= 0.6 is 22.9 Å². The number of nitriles is 1. The van der Waals surface area contributed by atoms with Gasteiger partial charge in [-0.25, -0.2) is 4.98 Å². The number of hydrogen-bond acceptors (Lipinski definition) is 9. The maximum Gasteiger partial charge on any atom is 0.153 e. The second-order valence-corrected chi connectivity index (χ2v) is 11.6. The van der Waals surface area contributed by atoms with Gasteiger partial charge in [0.2, 0.25) is 0 Å². The number of carbonyl (C=O) groups is 2. The fourth-order valence-corrected chi connectivity index (χ4v) is 5.98. The van der Waals surface area contributed by atoms with Gasteiger partial charge in [0.05, 0.1) is 27.6 Å². The zero-order valence-electron chi connectivity index (χ0n) is 24.6. The molecule has 0 aliphatic rings. The third-order valence-corrected chi connectivity index (χ3v) is 8.48. The highest BCUT2D eigenvalue weighted by Gasteiger charge is 2.16. The molecule has 0 atom stereocenters. The lowest BCUT2D eigenvalue weighted by atomic mass is 9.92. The molecule has 8 nitrogen and oxygen atoms in total. The number of rotatable bonds is 13. The molecule has 226 valence electrons. The molecule has 0 amide bonds. The molecule has 10 heteroatoms. The zero-order valence-corrected chi connectivity index (χ0v) is 26.2. The summed E-state index contributed by atoms with van der Waals surface area (Å²) in [6.45, 7) is 4.90. The van der Waals surface area contributed by atoms with E-state index in [1.54, 1.807) is 35.9 Å². The summed E-state index contributed by atoms with van der Waals surface area (Å²) in [5.41, 5.74) is 7.70. The van der Waals surface area contributed by atoms with Crippen molar-refractivity contribution in [3.8, 4) is 39.3 Å². The first-order valence-electron chi connectivity index (χ1n) is 13.9. The van der Waals surface area contributed by atoms with E-state index in [0.29, 0.717) is 35.5 Å². The highest BCUT2D eigenvalue weighted by molar-refractivity contribution is 7.15. The minimum absolute atomic E-state index is 0.0589. The van der Waals surface area contributed by atoms with E-state index in [0.717, 1.165) is 49.6 Å². The van der Waals surface area contributed by atoms with Crippen LogP contribution in [0, 0.1) is 25.2 Å². The average molecular weight is 638 g/mol. The first kappa shape index (κ1) is 31.5. The molecule has 2 aromatic heterocycles. The van der Waals surface area contributed by atoms with E-state index in [-0.39, 0.29) is 30.4 Å². The fraction of sp³-hybridized carbons (Fsp3) is 0.171. The Morgan fingerprint density at radius 2 is 1.64 bits per heavy atom. The molecule has 0 unspecified atom stereocenters. The van der Waals surface area contributed by atoms with Crippen molar-refractivity contribution in [1.82, 2.24) is 9.97 Å². The predicted octanol–water partition coefficient (Wildman–Crippen LogP) is 7.70. The quantitative estimate of drug-likeness (QED) is 0.0954. The van der Waals surface area contributed by atoms with Gasteiger partial charge < -0.3 is 19.0 Å². The number of hydrogen-bond donors (Lipinski definition) is 0. The lowest BCUT2D eigenvalue weighted by Gasteiger charge is -2.17. The van der Waals surface area contributed by atoms with Gasteiger partial charge in [-0.1, -0.05) is 48.0 Å². The molecule has 0 radical (unpaired) electrons. The van der Waals surface area contributed by atoms with Crippen LogP contribution in [0.4, 0.5) is 0 Å². The third kappa shape index (κ3) is 7.44. The Hall–Kier alpha value is -4.88. The fourth-order valence-electron chi connectivity index (χ4n) is 4.82. The molecule has 5 rings (SSSR count). The van der Waals surface area contributed by atoms with Gasteiger partial charge in [0.1, 0.15) is 48.7 Å². The molecule has 0 aliphatic heterocycles. The van der Waals surface area contributed by atoms with Crippen LogP contribution in [0.3, 0.4) is 0 Å². The molecule has 2 heterocycles. The number of pyridine rings is 1. The van der Waals surface area contributed by atoms with Crippen molar-refractivity contribution in [2.75, 3.05) is 6.61 Å². The van der Waals surface area contributed by atoms with Gasteiger partial charge in [-0.05, 0) is 53.8 Å². The van der Waals surface area contributed by atoms with Gasteiger partial charge in [-0.15, -0.1) is 11.3 Å². The Kier molecular flexibility index (Phi) is 10.3. The third-order valence-electron chi connectivity index (χ3n) is 7.18. The van der Waals surface area contributed by atoms with E-state index in [1.165, 1.54) is 12.3 Å². The topological polar surface area (TPSA) is 111 Å². The van der Waals surface area contributed by atoms with Crippen molar-refractivity contribution in [3.63, 3.8) is 0 Å². The number of aromatic nitrogens is 2. The molecule has 0 fully saturated rings. The van der Waals surface area contributed by atoms with Crippen molar-refractivity contribution in [2.45, 2.75) is 33.7 Å². The van der Waals surface area contributed by atoms with Gasteiger partial charge in [0.15, 0.2) is 6.29 Å². The smallest absolute Gasteiger partial charge is 0.153 e. The molecule has 0 saturated heterocycles. The Morgan fingerprint density at radius 3 is 2.42 bits per heavy atom. The minimum atomic E-state index is 0.0589. The Bertz CT molecular complexity index is 1900. The summed E-state index contributed by atoms with van der Waals surface area (Å²) in [5.74, 6) is 0.686. The number of carbonyl (C=O) groups excluding carboxylic acids is 2. The molecule has 45 heavy (non-hydrogen) atoms. The highest BCUT2D eigenvalue weighted by atomic mass is 35.5. The lowest BCUT2D eigenvalue weighted by molar-refractivity contribution is -0.112. The summed E-state index contributed by atoms with van der Waals surface area (Å²) in [4.78, 5) is 31.9. The van der Waals surface area contributed by atoms with Crippen molar-refractivity contribution in [1.29, 1.82) is 5.26 Å². The van der Waals surface area contributed by atoms with Crippen molar-refractivity contribution in [3.05, 3.63) is 116 Å². The Balaban J connectivity index is 1.35. The molecular weight excluding hydrogens is 610 g/mol. The van der Waals surface area contributed by atoms with Crippen LogP contribution in [0.15, 0.2) is 73.2 Å². The number of nitrogens with zero attached hydrogens (tertiary/aromatic N) is 3. The molecule has 3 aromatic carbocycles. The van der Waals surface area contributed by atoms with Crippen LogP contribution in [0.1, 0.15) is 43.1 Å². The SMILES string of the molecule is Cc1c(COc2cc(OCc3cncc(C#N)c3)c(C=O)cc2Cl)cccc1-c1cccc(-c2ncc(COCC=O)s2)c1C. The molecule has 0 aliphatic carbocycles. The lowest BCUT2D eigenvalue weighted by Crippen LogP contribution is -2.03. The van der Waals surface area contributed by atoms with Crippen LogP contribution < -0.4 is 9.47 Å². The number of ether oxygens (including phenoxy) is 3. The molecule has 0 N–H and O–H groups in total. The van der Waals surface area contributed by atoms with Crippen LogP contribution in [0.25, 0.3) is 21.7 Å². The molecule has 0 bridgehead atoms. The number of aldehydes is 2. The van der Waals surface area contributed by atoms with E-state index >= 15 is 0 Å². The average Bonchev–Trinajstić information content (AvgIpc) is 3.53. The van der Waals surface area contributed by atoms with Crippen molar-refractivity contribution < 1.29 is 23.8 Å². The highest BCUT2D eigenvalue weighted by Crippen LogP contribution is 2.37. The standard InChI is InChI=1S/C35H28ClN3O5S/c1-22-26(20-44-34-13-33(27(18-41)12-32(34)36)43-19-25-11-24(14-37)15-38-16-25)5-3-6-29(22)30-7-4-8-31(23(30)2)35-39-17-28(45-35)21-42-10-9-40/h3-9,11-13,15-18H,10,19-21H2,1-2H3. The molecule has 0 spiro atoms. The van der Waals surface area contributed by atoms with Crippen LogP contribution in [0.5, 0.6) is 11.5 Å². The van der Waals surface area contributed by atoms with Crippen LogP contribution in [-0.2, 0) is 29.4 Å². The first-order chi connectivity index (χ1) is 21.9. The second-order valence-electron chi connectivity index (χ2n) is 10.1. The first-order valence-corrected chi connectivity index (χ1v) is 15.1.